The van der Waals surface area contributed by atoms with Crippen LogP contribution in [0.3, 0.4) is 0 Å². The van der Waals surface area contributed by atoms with E-state index < -0.39 is 0 Å². The van der Waals surface area contributed by atoms with Crippen LogP contribution in [0.4, 0.5) is 5.69 Å². The van der Waals surface area contributed by atoms with Gasteiger partial charge in [-0.05, 0) is 41.3 Å². The number of para-hydroxylation sites is 1. The second-order valence-corrected chi connectivity index (χ2v) is 4.91. The third-order valence-electron chi connectivity index (χ3n) is 3.68. The molecule has 6 heteroatoms. The molecule has 1 heterocycles. The minimum atomic E-state index is 0.596. The van der Waals surface area contributed by atoms with Gasteiger partial charge in [-0.15, -0.1) is 5.10 Å². The predicted molar refractivity (Wildman–Crippen MR) is 71.6 cm³/mol. The third kappa shape index (κ3) is 2.14. The summed E-state index contributed by atoms with van der Waals surface area (Å²) in [6, 6.07) is 5.62. The van der Waals surface area contributed by atoms with Gasteiger partial charge in [-0.1, -0.05) is 12.5 Å². The van der Waals surface area contributed by atoms with Crippen molar-refractivity contribution in [3.8, 4) is 17.1 Å². The van der Waals surface area contributed by atoms with Crippen molar-refractivity contribution in [1.29, 1.82) is 0 Å². The maximum atomic E-state index is 5.92. The van der Waals surface area contributed by atoms with E-state index in [1.165, 1.54) is 19.3 Å². The molecule has 0 unspecified atom stereocenters. The number of methoxy groups -OCH3 is 1. The smallest absolute Gasteiger partial charge is 0.185 e. The first-order valence-corrected chi connectivity index (χ1v) is 6.48. The molecule has 1 fully saturated rings. The molecule has 3 rings (SSSR count). The van der Waals surface area contributed by atoms with E-state index in [9.17, 15) is 0 Å². The van der Waals surface area contributed by atoms with Crippen molar-refractivity contribution in [3.05, 3.63) is 18.2 Å². The fraction of sp³-hybridized carbons (Fsp3) is 0.462. The van der Waals surface area contributed by atoms with Crippen LogP contribution in [0.5, 0.6) is 5.75 Å². The zero-order valence-corrected chi connectivity index (χ0v) is 10.9. The summed E-state index contributed by atoms with van der Waals surface area (Å²) in [6.07, 6.45) is 3.82. The fourth-order valence-corrected chi connectivity index (χ4v) is 2.40. The molecule has 1 aliphatic rings. The topological polar surface area (TPSA) is 78.8 Å². The van der Waals surface area contributed by atoms with E-state index in [0.29, 0.717) is 17.4 Å². The Balaban J connectivity index is 1.97. The van der Waals surface area contributed by atoms with Crippen molar-refractivity contribution in [1.82, 2.24) is 20.2 Å². The number of nitrogen functional groups attached to an aromatic ring is 1. The summed E-state index contributed by atoms with van der Waals surface area (Å²) in [5.74, 6) is 2.04. The molecule has 1 aliphatic carbocycles. The first-order valence-electron chi connectivity index (χ1n) is 6.48. The van der Waals surface area contributed by atoms with E-state index in [1.54, 1.807) is 7.11 Å². The van der Waals surface area contributed by atoms with Gasteiger partial charge in [0.25, 0.3) is 0 Å². The summed E-state index contributed by atoms with van der Waals surface area (Å²) < 4.78 is 7.21. The lowest BCUT2D eigenvalue weighted by Gasteiger charge is -2.25. The number of hydrogen-bond donors (Lipinski definition) is 1. The molecule has 1 saturated carbocycles. The number of anilines is 1. The standard InChI is InChI=1S/C13H17N5O/c1-19-12-10(6-3-7-11(12)14)13-15-16-17-18(13)8-9-4-2-5-9/h3,6-7,9H,2,4-5,8,14H2,1H3. The number of nitrogens with zero attached hydrogens (tertiary/aromatic N) is 4. The molecule has 2 aromatic rings. The molecule has 100 valence electrons. The van der Waals surface area contributed by atoms with Crippen LogP contribution in [-0.4, -0.2) is 27.3 Å². The highest BCUT2D eigenvalue weighted by Crippen LogP contribution is 2.34. The second-order valence-electron chi connectivity index (χ2n) is 4.91. The van der Waals surface area contributed by atoms with Gasteiger partial charge >= 0.3 is 0 Å². The maximum absolute atomic E-state index is 5.92. The summed E-state index contributed by atoms with van der Waals surface area (Å²) >= 11 is 0. The number of rotatable bonds is 4. The highest BCUT2D eigenvalue weighted by molar-refractivity contribution is 5.73. The minimum Gasteiger partial charge on any atom is -0.494 e. The first kappa shape index (κ1) is 12.0. The lowest BCUT2D eigenvalue weighted by Crippen LogP contribution is -2.19. The first-order chi connectivity index (χ1) is 9.29. The van der Waals surface area contributed by atoms with Crippen LogP contribution in [0, 0.1) is 5.92 Å². The number of benzene rings is 1. The second kappa shape index (κ2) is 4.87. The van der Waals surface area contributed by atoms with Gasteiger partial charge in [0.2, 0.25) is 0 Å². The van der Waals surface area contributed by atoms with Crippen LogP contribution in [0.1, 0.15) is 19.3 Å². The fourth-order valence-electron chi connectivity index (χ4n) is 2.40. The molecule has 19 heavy (non-hydrogen) atoms. The average Bonchev–Trinajstić information content (AvgIpc) is 2.81. The van der Waals surface area contributed by atoms with Gasteiger partial charge in [-0.3, -0.25) is 0 Å². The highest BCUT2D eigenvalue weighted by atomic mass is 16.5. The molecule has 1 aromatic heterocycles. The van der Waals surface area contributed by atoms with Gasteiger partial charge in [0, 0.05) is 6.54 Å². The van der Waals surface area contributed by atoms with E-state index in [1.807, 2.05) is 22.9 Å². The number of tetrazole rings is 1. The molecular formula is C13H17N5O. The quantitative estimate of drug-likeness (QED) is 0.846. The lowest BCUT2D eigenvalue weighted by atomic mass is 9.85. The van der Waals surface area contributed by atoms with Crippen LogP contribution in [-0.2, 0) is 6.54 Å². The molecule has 0 radical (unpaired) electrons. The van der Waals surface area contributed by atoms with Gasteiger partial charge in [0.1, 0.15) is 0 Å². The lowest BCUT2D eigenvalue weighted by molar-refractivity contribution is 0.265. The summed E-state index contributed by atoms with van der Waals surface area (Å²) in [7, 11) is 1.61. The van der Waals surface area contributed by atoms with Crippen LogP contribution in [0.2, 0.25) is 0 Å². The Bertz CT molecular complexity index is 576. The number of hydrogen-bond acceptors (Lipinski definition) is 5. The maximum Gasteiger partial charge on any atom is 0.185 e. The third-order valence-corrected chi connectivity index (χ3v) is 3.68. The van der Waals surface area contributed by atoms with Gasteiger partial charge in [0.15, 0.2) is 11.6 Å². The SMILES string of the molecule is COc1c(N)cccc1-c1nnnn1CC1CCC1. The zero-order chi connectivity index (χ0) is 13.2. The zero-order valence-electron chi connectivity index (χ0n) is 10.9. The van der Waals surface area contributed by atoms with Crippen LogP contribution in [0.15, 0.2) is 18.2 Å². The Labute approximate surface area is 111 Å². The molecule has 6 nitrogen and oxygen atoms in total. The molecule has 0 bridgehead atoms. The van der Waals surface area contributed by atoms with Crippen molar-refractivity contribution in [2.24, 2.45) is 5.92 Å². The normalized spacial score (nSPS) is 15.2. The van der Waals surface area contributed by atoms with Gasteiger partial charge in [-0.2, -0.15) is 0 Å². The Morgan fingerprint density at radius 3 is 2.95 bits per heavy atom. The van der Waals surface area contributed by atoms with Gasteiger partial charge in [0.05, 0.1) is 18.4 Å². The summed E-state index contributed by atoms with van der Waals surface area (Å²) in [5.41, 5.74) is 7.36. The average molecular weight is 259 g/mol. The van der Waals surface area contributed by atoms with Crippen molar-refractivity contribution >= 4 is 5.69 Å². The van der Waals surface area contributed by atoms with Crippen molar-refractivity contribution in [2.45, 2.75) is 25.8 Å². The number of ether oxygens (including phenoxy) is 1. The molecule has 0 atom stereocenters. The molecule has 1 aromatic carbocycles. The van der Waals surface area contributed by atoms with Crippen LogP contribution in [0.25, 0.3) is 11.4 Å². The van der Waals surface area contributed by atoms with Crippen molar-refractivity contribution in [2.75, 3.05) is 12.8 Å². The summed E-state index contributed by atoms with van der Waals surface area (Å²) in [6.45, 7) is 0.861. The predicted octanol–water partition coefficient (Wildman–Crippen LogP) is 1.73. The molecule has 0 saturated heterocycles. The monoisotopic (exact) mass is 259 g/mol. The summed E-state index contributed by atoms with van der Waals surface area (Å²) in [5, 5.41) is 12.0. The minimum absolute atomic E-state index is 0.596. The largest absolute Gasteiger partial charge is 0.494 e. The van der Waals surface area contributed by atoms with Gasteiger partial charge in [-0.25, -0.2) is 4.68 Å². The van der Waals surface area contributed by atoms with E-state index in [0.717, 1.165) is 17.9 Å². The number of aromatic nitrogens is 4. The summed E-state index contributed by atoms with van der Waals surface area (Å²) in [4.78, 5) is 0. The van der Waals surface area contributed by atoms with E-state index >= 15 is 0 Å². The Hall–Kier alpha value is -2.11. The molecular weight excluding hydrogens is 242 g/mol. The molecule has 2 N–H and O–H groups in total. The van der Waals surface area contributed by atoms with E-state index in [2.05, 4.69) is 15.5 Å². The van der Waals surface area contributed by atoms with E-state index in [4.69, 9.17) is 10.5 Å². The number of nitrogens with two attached hydrogens (primary N) is 1. The van der Waals surface area contributed by atoms with E-state index in [-0.39, 0.29) is 0 Å². The van der Waals surface area contributed by atoms with Crippen molar-refractivity contribution in [3.63, 3.8) is 0 Å². The Morgan fingerprint density at radius 1 is 1.42 bits per heavy atom. The molecule has 0 aliphatic heterocycles. The Kier molecular flexibility index (Phi) is 3.06. The van der Waals surface area contributed by atoms with Crippen molar-refractivity contribution < 1.29 is 4.74 Å². The van der Waals surface area contributed by atoms with Crippen LogP contribution >= 0.6 is 0 Å². The Morgan fingerprint density at radius 2 is 2.26 bits per heavy atom. The van der Waals surface area contributed by atoms with Gasteiger partial charge < -0.3 is 10.5 Å². The molecule has 0 amide bonds. The highest BCUT2D eigenvalue weighted by Gasteiger charge is 2.22. The molecule has 0 spiro atoms. The van der Waals surface area contributed by atoms with Crippen LogP contribution < -0.4 is 10.5 Å².